The van der Waals surface area contributed by atoms with Gasteiger partial charge in [-0.1, -0.05) is 23.7 Å². The van der Waals surface area contributed by atoms with Crippen LogP contribution in [0.5, 0.6) is 5.75 Å². The maximum Gasteiger partial charge on any atom is 0.301 e. The van der Waals surface area contributed by atoms with Gasteiger partial charge >= 0.3 is 5.92 Å². The third-order valence-corrected chi connectivity index (χ3v) is 13.5. The van der Waals surface area contributed by atoms with Gasteiger partial charge in [-0.2, -0.15) is 10.1 Å². The zero-order chi connectivity index (χ0) is 43.1. The Morgan fingerprint density at radius 3 is 2.50 bits per heavy atom. The molecule has 5 aliphatic rings. The van der Waals surface area contributed by atoms with Gasteiger partial charge in [0.2, 0.25) is 23.5 Å². The first-order chi connectivity index (χ1) is 29.7. The van der Waals surface area contributed by atoms with Crippen LogP contribution in [0.25, 0.3) is 21.8 Å². The third kappa shape index (κ3) is 7.34. The van der Waals surface area contributed by atoms with Crippen LogP contribution in [0.15, 0.2) is 47.4 Å². The van der Waals surface area contributed by atoms with Crippen molar-refractivity contribution >= 4 is 74.0 Å². The number of piperidine rings is 2. The smallest absolute Gasteiger partial charge is 0.301 e. The highest BCUT2D eigenvalue weighted by molar-refractivity contribution is 6.33. The number of hydrogen-bond acceptors (Lipinski definition) is 13. The minimum Gasteiger partial charge on any atom is -0.480 e. The zero-order valence-corrected chi connectivity index (χ0v) is 35.2. The van der Waals surface area contributed by atoms with Gasteiger partial charge in [0.25, 0.3) is 5.56 Å². The fourth-order valence-corrected chi connectivity index (χ4v) is 9.81. The number of β-amino-alcohol motifs (C(OH)–C–C–N with tert-alkyl or cyclic N) is 1. The number of para-hydroxylation sites is 1. The number of benzene rings is 2. The fourth-order valence-electron chi connectivity index (χ4n) is 9.68. The molecule has 3 saturated heterocycles. The van der Waals surface area contributed by atoms with Crippen molar-refractivity contribution in [3.05, 3.63) is 63.7 Å². The summed E-state index contributed by atoms with van der Waals surface area (Å²) in [5.41, 5.74) is 2.69. The molecule has 326 valence electrons. The van der Waals surface area contributed by atoms with Gasteiger partial charge in [-0.05, 0) is 62.3 Å². The first-order valence-electron chi connectivity index (χ1n) is 21.2. The molecule has 4 N–H and O–H groups in total. The monoisotopic (exact) mass is 871 g/mol. The van der Waals surface area contributed by atoms with E-state index in [9.17, 15) is 19.5 Å². The molecule has 10 rings (SSSR count). The van der Waals surface area contributed by atoms with Crippen molar-refractivity contribution in [1.82, 2.24) is 34.5 Å². The number of hydrogen-bond donors (Lipinski definition) is 4. The molecule has 2 amide bonds. The standard InChI is InChI=1S/C43H48ClF2N11O5/c1-53-30-10-8-25(20-28(30)34-36(40(53)60)62-23-43(45,46)37(50-34)24-6-7-24)48-38-29(44)21-47-41(51-38)57-14-12-42(61,13-15-57)22-55-16-18-56(19-17-55)31-5-3-4-26-33(52-54(2)35(26)31)27-9-11-32(58)49-39(27)59/h3-5,8,10,20-21,24,27,37,50,61H,6-7,9,11-19,22-23H2,1-2H3,(H,47,48,51)(H,49,58,59)/t27?,37-/m0/s1. The topological polar surface area (TPSA) is 175 Å². The fraction of sp³-hybridized carbons (Fsp3) is 0.488. The predicted molar refractivity (Wildman–Crippen MR) is 231 cm³/mol. The number of anilines is 5. The number of carbonyl (C=O) groups excluding carboxylic acids is 2. The second kappa shape index (κ2) is 15.3. The maximum absolute atomic E-state index is 15.2. The molecule has 4 aliphatic heterocycles. The van der Waals surface area contributed by atoms with Gasteiger partial charge in [-0.3, -0.25) is 29.3 Å². The lowest BCUT2D eigenvalue weighted by atomic mass is 9.90. The van der Waals surface area contributed by atoms with Crippen LogP contribution >= 0.6 is 11.6 Å². The number of aromatic nitrogens is 5. The minimum absolute atomic E-state index is 0.128. The van der Waals surface area contributed by atoms with Gasteiger partial charge in [0.05, 0.1) is 51.9 Å². The first-order valence-corrected chi connectivity index (χ1v) is 21.6. The van der Waals surface area contributed by atoms with E-state index in [1.54, 1.807) is 25.2 Å². The summed E-state index contributed by atoms with van der Waals surface area (Å²) in [6, 6.07) is 10.2. The van der Waals surface area contributed by atoms with E-state index in [1.807, 2.05) is 28.8 Å². The Morgan fingerprint density at radius 2 is 1.76 bits per heavy atom. The summed E-state index contributed by atoms with van der Waals surface area (Å²) >= 11 is 6.62. The van der Waals surface area contributed by atoms with Gasteiger partial charge in [0.15, 0.2) is 12.4 Å². The van der Waals surface area contributed by atoms with Crippen molar-refractivity contribution in [3.8, 4) is 5.75 Å². The summed E-state index contributed by atoms with van der Waals surface area (Å²) in [7, 11) is 3.48. The number of nitrogens with zero attached hydrogens (tertiary/aromatic N) is 8. The molecule has 5 aromatic rings. The van der Waals surface area contributed by atoms with Gasteiger partial charge in [0.1, 0.15) is 5.02 Å². The van der Waals surface area contributed by atoms with Crippen molar-refractivity contribution in [2.45, 2.75) is 62.0 Å². The van der Waals surface area contributed by atoms with Crippen LogP contribution < -0.4 is 36.0 Å². The number of nitrogens with one attached hydrogen (secondary N) is 3. The van der Waals surface area contributed by atoms with Crippen LogP contribution in [0.1, 0.15) is 50.1 Å². The number of aliphatic hydroxyl groups is 1. The number of piperazine rings is 1. The van der Waals surface area contributed by atoms with E-state index in [-0.39, 0.29) is 34.2 Å². The molecule has 19 heteroatoms. The van der Waals surface area contributed by atoms with Crippen LogP contribution in [-0.2, 0) is 23.7 Å². The number of fused-ring (bicyclic) bond motifs is 4. The molecular formula is C43H48ClF2N11O5. The summed E-state index contributed by atoms with van der Waals surface area (Å²) in [6.45, 7) is 3.77. The van der Waals surface area contributed by atoms with E-state index < -0.39 is 35.6 Å². The summed E-state index contributed by atoms with van der Waals surface area (Å²) in [5, 5.41) is 27.1. The Kier molecular flexibility index (Phi) is 10.0. The highest BCUT2D eigenvalue weighted by Crippen LogP contribution is 2.46. The van der Waals surface area contributed by atoms with Gasteiger partial charge < -0.3 is 34.8 Å². The molecule has 1 aliphatic carbocycles. The van der Waals surface area contributed by atoms with Gasteiger partial charge in [-0.25, -0.2) is 13.8 Å². The average molecular weight is 872 g/mol. The molecule has 4 fully saturated rings. The number of ether oxygens (including phenoxy) is 1. The Hall–Kier alpha value is -5.59. The highest BCUT2D eigenvalue weighted by atomic mass is 35.5. The molecule has 16 nitrogen and oxygen atoms in total. The largest absolute Gasteiger partial charge is 0.480 e. The second-order valence-electron chi connectivity index (χ2n) is 17.5. The molecule has 0 spiro atoms. The number of alkyl halides is 2. The normalized spacial score (nSPS) is 22.8. The molecule has 1 unspecified atom stereocenters. The van der Waals surface area contributed by atoms with E-state index >= 15 is 8.78 Å². The number of carbonyl (C=O) groups is 2. The molecule has 3 aromatic heterocycles. The number of rotatable bonds is 8. The second-order valence-corrected chi connectivity index (χ2v) is 17.9. The summed E-state index contributed by atoms with van der Waals surface area (Å²) in [6.07, 6.45) is 4.67. The summed E-state index contributed by atoms with van der Waals surface area (Å²) < 4.78 is 39.1. The molecule has 62 heavy (non-hydrogen) atoms. The van der Waals surface area contributed by atoms with Crippen molar-refractivity contribution in [2.75, 3.05) is 72.9 Å². The maximum atomic E-state index is 15.2. The number of imide groups is 1. The molecule has 0 bridgehead atoms. The average Bonchev–Trinajstić information content (AvgIpc) is 4.05. The third-order valence-electron chi connectivity index (χ3n) is 13.3. The molecule has 2 atom stereocenters. The Bertz CT molecular complexity index is 2670. The lowest BCUT2D eigenvalue weighted by Crippen LogP contribution is -2.55. The van der Waals surface area contributed by atoms with Crippen LogP contribution in [-0.4, -0.2) is 116 Å². The number of pyridine rings is 1. The summed E-state index contributed by atoms with van der Waals surface area (Å²) in [5.74, 6) is -3.69. The van der Waals surface area contributed by atoms with E-state index in [0.717, 1.165) is 42.8 Å². The van der Waals surface area contributed by atoms with Crippen molar-refractivity contribution in [1.29, 1.82) is 0 Å². The molecule has 2 aromatic carbocycles. The predicted octanol–water partition coefficient (Wildman–Crippen LogP) is 4.50. The van der Waals surface area contributed by atoms with Crippen LogP contribution in [0.4, 0.5) is 37.6 Å². The van der Waals surface area contributed by atoms with E-state index in [4.69, 9.17) is 26.4 Å². The molecule has 0 radical (unpaired) electrons. The van der Waals surface area contributed by atoms with Gasteiger partial charge in [-0.15, -0.1) is 0 Å². The van der Waals surface area contributed by atoms with Crippen molar-refractivity contribution < 1.29 is 28.2 Å². The Labute approximate surface area is 360 Å². The van der Waals surface area contributed by atoms with E-state index in [2.05, 4.69) is 36.8 Å². The number of halogens is 3. The quantitative estimate of drug-likeness (QED) is 0.161. The SMILES string of the molecule is Cn1nc(C2CCC(=O)NC2=O)c2cccc(N3CCN(CC4(O)CCN(c5ncc(Cl)c(Nc6ccc7c(c6)c6c(c(=O)n7C)OCC(F)(F)[C@H](C7CC7)N6)n5)CC4)CC3)c21. The lowest BCUT2D eigenvalue weighted by molar-refractivity contribution is -0.134. The molecule has 7 heterocycles. The number of amides is 2. The van der Waals surface area contributed by atoms with Crippen LogP contribution in [0, 0.1) is 5.92 Å². The van der Waals surface area contributed by atoms with E-state index in [1.165, 1.54) is 10.8 Å². The first kappa shape index (κ1) is 40.5. The van der Waals surface area contributed by atoms with Crippen LogP contribution in [0.2, 0.25) is 5.02 Å². The van der Waals surface area contributed by atoms with Crippen LogP contribution in [0.3, 0.4) is 0 Å². The highest BCUT2D eigenvalue weighted by Gasteiger charge is 2.51. The Morgan fingerprint density at radius 1 is 0.984 bits per heavy atom. The van der Waals surface area contributed by atoms with Gasteiger partial charge in [0, 0.05) is 82.8 Å². The zero-order valence-electron chi connectivity index (χ0n) is 34.5. The number of aryl methyl sites for hydroxylation is 2. The Balaban J connectivity index is 0.790. The lowest BCUT2D eigenvalue weighted by Gasteiger charge is -2.43. The van der Waals surface area contributed by atoms with Crippen molar-refractivity contribution in [3.63, 3.8) is 0 Å². The molecule has 1 saturated carbocycles. The minimum atomic E-state index is -3.15. The van der Waals surface area contributed by atoms with E-state index in [0.29, 0.717) is 92.2 Å². The molecular weight excluding hydrogens is 824 g/mol. The summed E-state index contributed by atoms with van der Waals surface area (Å²) in [4.78, 5) is 53.7. The van der Waals surface area contributed by atoms with Crippen molar-refractivity contribution in [2.24, 2.45) is 20.0 Å².